The van der Waals surface area contributed by atoms with Crippen molar-refractivity contribution in [3.8, 4) is 11.8 Å². The second-order valence-electron chi connectivity index (χ2n) is 3.87. The Kier molecular flexibility index (Phi) is 4.43. The van der Waals surface area contributed by atoms with Crippen molar-refractivity contribution < 1.29 is 9.18 Å². The highest BCUT2D eigenvalue weighted by Crippen LogP contribution is 2.12. The number of nitrogens with zero attached hydrogens (tertiary/aromatic N) is 1. The van der Waals surface area contributed by atoms with Gasteiger partial charge in [-0.1, -0.05) is 17.9 Å². The third-order valence-corrected chi connectivity index (χ3v) is 2.45. The number of benzene rings is 1. The van der Waals surface area contributed by atoms with Crippen molar-refractivity contribution >= 4 is 11.7 Å². The van der Waals surface area contributed by atoms with Crippen LogP contribution < -0.4 is 11.1 Å². The molecule has 100 valence electrons. The van der Waals surface area contributed by atoms with E-state index in [4.69, 9.17) is 5.73 Å². The average molecular weight is 269 g/mol. The van der Waals surface area contributed by atoms with Crippen LogP contribution in [0.15, 0.2) is 42.6 Å². The lowest BCUT2D eigenvalue weighted by atomic mass is 10.1. The molecule has 0 spiro atoms. The van der Waals surface area contributed by atoms with Gasteiger partial charge in [0.15, 0.2) is 0 Å². The Hall–Kier alpha value is -2.71. The van der Waals surface area contributed by atoms with Gasteiger partial charge in [0, 0.05) is 11.8 Å². The van der Waals surface area contributed by atoms with Crippen molar-refractivity contribution in [3.05, 3.63) is 59.5 Å². The molecule has 1 aromatic carbocycles. The first-order valence-corrected chi connectivity index (χ1v) is 5.91. The minimum absolute atomic E-state index is 0.0612. The number of carbonyl (C=O) groups is 1. The highest BCUT2D eigenvalue weighted by Gasteiger charge is 2.12. The summed E-state index contributed by atoms with van der Waals surface area (Å²) in [6.07, 6.45) is 1.54. The van der Waals surface area contributed by atoms with Gasteiger partial charge < -0.3 is 11.1 Å². The van der Waals surface area contributed by atoms with E-state index >= 15 is 0 Å². The van der Waals surface area contributed by atoms with Crippen LogP contribution in [0.2, 0.25) is 0 Å². The first-order chi connectivity index (χ1) is 9.70. The molecule has 20 heavy (non-hydrogen) atoms. The van der Waals surface area contributed by atoms with Crippen LogP contribution in [0.4, 0.5) is 10.2 Å². The predicted octanol–water partition coefficient (Wildman–Crippen LogP) is 1.78. The molecule has 0 fully saturated rings. The number of anilines is 1. The van der Waals surface area contributed by atoms with Crippen molar-refractivity contribution in [2.45, 2.75) is 0 Å². The monoisotopic (exact) mass is 269 g/mol. The smallest absolute Gasteiger partial charge is 0.259 e. The summed E-state index contributed by atoms with van der Waals surface area (Å²) in [6.45, 7) is 0.198. The van der Waals surface area contributed by atoms with E-state index in [0.717, 1.165) is 0 Å². The summed E-state index contributed by atoms with van der Waals surface area (Å²) in [4.78, 5) is 15.9. The molecular weight excluding hydrogens is 257 g/mol. The van der Waals surface area contributed by atoms with Crippen molar-refractivity contribution in [2.75, 3.05) is 11.9 Å². The Morgan fingerprint density at radius 2 is 2.20 bits per heavy atom. The van der Waals surface area contributed by atoms with Crippen LogP contribution in [0.25, 0.3) is 0 Å². The molecule has 0 aliphatic carbocycles. The van der Waals surface area contributed by atoms with Crippen molar-refractivity contribution in [2.24, 2.45) is 5.73 Å². The number of pyridine rings is 1. The zero-order valence-electron chi connectivity index (χ0n) is 10.6. The summed E-state index contributed by atoms with van der Waals surface area (Å²) in [5, 5.41) is 2.52. The van der Waals surface area contributed by atoms with E-state index < -0.39 is 11.7 Å². The molecule has 1 aromatic heterocycles. The zero-order chi connectivity index (χ0) is 14.4. The van der Waals surface area contributed by atoms with Crippen molar-refractivity contribution in [1.82, 2.24) is 4.98 Å². The molecule has 2 rings (SSSR count). The number of carbonyl (C=O) groups excluding carboxylic acids is 1. The van der Waals surface area contributed by atoms with Gasteiger partial charge in [-0.05, 0) is 30.3 Å². The molecule has 0 unspecified atom stereocenters. The molecule has 0 saturated carbocycles. The second kappa shape index (κ2) is 6.45. The van der Waals surface area contributed by atoms with Gasteiger partial charge >= 0.3 is 0 Å². The van der Waals surface area contributed by atoms with Crippen LogP contribution >= 0.6 is 0 Å². The third kappa shape index (κ3) is 3.40. The van der Waals surface area contributed by atoms with Crippen LogP contribution in [0.5, 0.6) is 0 Å². The molecule has 3 N–H and O–H groups in total. The Bertz CT molecular complexity index is 675. The largest absolute Gasteiger partial charge is 0.320 e. The molecule has 0 saturated heterocycles. The molecular formula is C15H12FN3O. The molecule has 0 bridgehead atoms. The van der Waals surface area contributed by atoms with Crippen molar-refractivity contribution in [1.29, 1.82) is 0 Å². The third-order valence-electron chi connectivity index (χ3n) is 2.45. The standard InChI is InChI=1S/C15H12FN3O/c16-13-10-11(4-3-8-17)6-7-12(13)15(20)19-14-5-1-2-9-18-14/h1-2,5-7,9-10H,8,17H2,(H,18,19,20). The fraction of sp³-hybridized carbons (Fsp3) is 0.0667. The van der Waals surface area contributed by atoms with Crippen molar-refractivity contribution in [3.63, 3.8) is 0 Å². The van der Waals surface area contributed by atoms with Gasteiger partial charge in [-0.3, -0.25) is 4.79 Å². The Morgan fingerprint density at radius 1 is 1.35 bits per heavy atom. The molecule has 4 nitrogen and oxygen atoms in total. The van der Waals surface area contributed by atoms with E-state index in [1.165, 1.54) is 18.3 Å². The van der Waals surface area contributed by atoms with E-state index in [9.17, 15) is 9.18 Å². The number of nitrogens with one attached hydrogen (secondary N) is 1. The van der Waals surface area contributed by atoms with E-state index in [1.807, 2.05) is 0 Å². The number of aromatic nitrogens is 1. The van der Waals surface area contributed by atoms with Gasteiger partial charge in [-0.2, -0.15) is 0 Å². The minimum atomic E-state index is -0.637. The lowest BCUT2D eigenvalue weighted by Crippen LogP contribution is -2.14. The Balaban J connectivity index is 2.18. The van der Waals surface area contributed by atoms with Gasteiger partial charge in [-0.25, -0.2) is 9.37 Å². The maximum Gasteiger partial charge on any atom is 0.259 e. The van der Waals surface area contributed by atoms with E-state index in [1.54, 1.807) is 24.3 Å². The second-order valence-corrected chi connectivity index (χ2v) is 3.87. The fourth-order valence-corrected chi connectivity index (χ4v) is 1.55. The minimum Gasteiger partial charge on any atom is -0.320 e. The number of nitrogens with two attached hydrogens (primary N) is 1. The molecule has 2 aromatic rings. The molecule has 0 aliphatic rings. The molecule has 0 aliphatic heterocycles. The zero-order valence-corrected chi connectivity index (χ0v) is 10.6. The lowest BCUT2D eigenvalue weighted by molar-refractivity contribution is 0.102. The van der Waals surface area contributed by atoms with Gasteiger partial charge in [0.1, 0.15) is 11.6 Å². The number of hydrogen-bond acceptors (Lipinski definition) is 3. The SMILES string of the molecule is NCC#Cc1ccc(C(=O)Nc2ccccn2)c(F)c1. The van der Waals surface area contributed by atoms with Crippen LogP contribution in [-0.2, 0) is 0 Å². The fourth-order valence-electron chi connectivity index (χ4n) is 1.55. The van der Waals surface area contributed by atoms with Crippen LogP contribution in [-0.4, -0.2) is 17.4 Å². The number of amides is 1. The molecule has 1 amide bonds. The van der Waals surface area contributed by atoms with Crippen LogP contribution in [0.1, 0.15) is 15.9 Å². The maximum atomic E-state index is 13.9. The summed E-state index contributed by atoms with van der Waals surface area (Å²) in [5.74, 6) is 4.49. The molecule has 0 atom stereocenters. The number of rotatable bonds is 2. The Morgan fingerprint density at radius 3 is 2.85 bits per heavy atom. The molecule has 0 radical (unpaired) electrons. The predicted molar refractivity (Wildman–Crippen MR) is 74.5 cm³/mol. The normalized spacial score (nSPS) is 9.50. The summed E-state index contributed by atoms with van der Waals surface area (Å²) >= 11 is 0. The van der Waals surface area contributed by atoms with Gasteiger partial charge in [0.05, 0.1) is 12.1 Å². The summed E-state index contributed by atoms with van der Waals surface area (Å²) < 4.78 is 13.9. The maximum absolute atomic E-state index is 13.9. The number of halogens is 1. The van der Waals surface area contributed by atoms with Gasteiger partial charge in [-0.15, -0.1) is 0 Å². The van der Waals surface area contributed by atoms with E-state index in [-0.39, 0.29) is 12.1 Å². The quantitative estimate of drug-likeness (QED) is 0.817. The lowest BCUT2D eigenvalue weighted by Gasteiger charge is -2.05. The van der Waals surface area contributed by atoms with Crippen LogP contribution in [0, 0.1) is 17.7 Å². The topological polar surface area (TPSA) is 68.0 Å². The highest BCUT2D eigenvalue weighted by molar-refractivity contribution is 6.04. The number of hydrogen-bond donors (Lipinski definition) is 2. The van der Waals surface area contributed by atoms with E-state index in [0.29, 0.717) is 11.4 Å². The Labute approximate surface area is 115 Å². The van der Waals surface area contributed by atoms with E-state index in [2.05, 4.69) is 22.1 Å². The molecule has 1 heterocycles. The van der Waals surface area contributed by atoms with Gasteiger partial charge in [0.2, 0.25) is 0 Å². The summed E-state index contributed by atoms with van der Waals surface area (Å²) in [5.41, 5.74) is 5.65. The molecule has 5 heteroatoms. The van der Waals surface area contributed by atoms with Gasteiger partial charge in [0.25, 0.3) is 5.91 Å². The summed E-state index contributed by atoms with van der Waals surface area (Å²) in [7, 11) is 0. The summed E-state index contributed by atoms with van der Waals surface area (Å²) in [6, 6.07) is 9.23. The first kappa shape index (κ1) is 13.7. The highest BCUT2D eigenvalue weighted by atomic mass is 19.1. The first-order valence-electron chi connectivity index (χ1n) is 5.91. The van der Waals surface area contributed by atoms with Crippen LogP contribution in [0.3, 0.4) is 0 Å². The average Bonchev–Trinajstić information content (AvgIpc) is 2.46.